The average Bonchev–Trinajstić information content (AvgIpc) is 2.62. The lowest BCUT2D eigenvalue weighted by Crippen LogP contribution is -2.45. The summed E-state index contributed by atoms with van der Waals surface area (Å²) in [4.78, 5) is 0. The minimum absolute atomic E-state index is 0.216. The Balaban J connectivity index is 3.24. The molecule has 0 rings (SSSR count). The van der Waals surface area contributed by atoms with Crippen LogP contribution in [0.5, 0.6) is 0 Å². The molecule has 0 heterocycles. The highest BCUT2D eigenvalue weighted by Crippen LogP contribution is 2.10. The minimum atomic E-state index is 0.216. The molecule has 0 aliphatic carbocycles. The molecule has 26 heavy (non-hydrogen) atoms. The Hall–Kier alpha value is -0.200. The van der Waals surface area contributed by atoms with Gasteiger partial charge in [-0.2, -0.15) is 0 Å². The number of nitrogens with one attached hydrogen (secondary N) is 3. The molecule has 0 spiro atoms. The second-order valence-corrected chi connectivity index (χ2v) is 8.06. The number of rotatable bonds is 20. The van der Waals surface area contributed by atoms with Crippen LogP contribution < -0.4 is 21.7 Å². The number of unbranched alkanes of at least 4 members (excludes halogenated alkanes) is 9. The highest BCUT2D eigenvalue weighted by molar-refractivity contribution is 4.71. The van der Waals surface area contributed by atoms with Gasteiger partial charge < -0.3 is 26.8 Å². The molecule has 0 radical (unpaired) electrons. The van der Waals surface area contributed by atoms with Crippen LogP contribution in [0, 0.1) is 0 Å². The van der Waals surface area contributed by atoms with Gasteiger partial charge >= 0.3 is 0 Å². The molecule has 158 valence electrons. The molecule has 3 unspecified atom stereocenters. The van der Waals surface area contributed by atoms with Crippen LogP contribution in [0.15, 0.2) is 0 Å². The van der Waals surface area contributed by atoms with Gasteiger partial charge in [-0.3, -0.25) is 0 Å². The smallest absolute Gasteiger partial charge is 0.0431 e. The third-order valence-corrected chi connectivity index (χ3v) is 4.77. The summed E-state index contributed by atoms with van der Waals surface area (Å²) in [7, 11) is 0. The molecule has 0 bridgehead atoms. The van der Waals surface area contributed by atoms with E-state index >= 15 is 0 Å². The van der Waals surface area contributed by atoms with E-state index in [1.807, 2.05) is 6.92 Å². The zero-order valence-electron chi connectivity index (χ0n) is 17.9. The Morgan fingerprint density at radius 1 is 0.654 bits per heavy atom. The maximum atomic E-state index is 8.73. The molecule has 0 saturated carbocycles. The topological polar surface area (TPSA) is 82.3 Å². The first kappa shape index (κ1) is 25.8. The predicted molar refractivity (Wildman–Crippen MR) is 115 cm³/mol. The standard InChI is InChI=1S/C21H48N4O/c1-19(22)16-24-21(3)18-25-20(2)17-23-14-12-10-8-6-4-5-7-9-11-13-15-26/h19-21,23-26H,4-18,22H2,1-3H3. The molecule has 0 aromatic heterocycles. The maximum absolute atomic E-state index is 8.73. The van der Waals surface area contributed by atoms with E-state index in [-0.39, 0.29) is 6.04 Å². The molecule has 0 aliphatic heterocycles. The van der Waals surface area contributed by atoms with Gasteiger partial charge in [-0.25, -0.2) is 0 Å². The van der Waals surface area contributed by atoms with Crippen molar-refractivity contribution in [2.75, 3.05) is 32.8 Å². The van der Waals surface area contributed by atoms with Crippen LogP contribution in [0.2, 0.25) is 0 Å². The summed E-state index contributed by atoms with van der Waals surface area (Å²) in [5.74, 6) is 0. The van der Waals surface area contributed by atoms with Gasteiger partial charge in [0.05, 0.1) is 0 Å². The van der Waals surface area contributed by atoms with Crippen molar-refractivity contribution in [3.8, 4) is 0 Å². The normalized spacial score (nSPS) is 15.1. The van der Waals surface area contributed by atoms with E-state index < -0.39 is 0 Å². The molecule has 6 N–H and O–H groups in total. The van der Waals surface area contributed by atoms with Gasteiger partial charge in [-0.05, 0) is 40.2 Å². The zero-order valence-corrected chi connectivity index (χ0v) is 17.9. The summed E-state index contributed by atoms with van der Waals surface area (Å²) in [5, 5.41) is 19.3. The second-order valence-electron chi connectivity index (χ2n) is 8.06. The van der Waals surface area contributed by atoms with E-state index in [9.17, 15) is 0 Å². The molecule has 0 fully saturated rings. The third kappa shape index (κ3) is 20.1. The summed E-state index contributed by atoms with van der Waals surface area (Å²) in [6.45, 7) is 10.8. The van der Waals surface area contributed by atoms with Gasteiger partial charge in [0, 0.05) is 44.4 Å². The van der Waals surface area contributed by atoms with Crippen molar-refractivity contribution in [2.45, 2.75) is 103 Å². The fraction of sp³-hybridized carbons (Fsp3) is 1.00. The molecular formula is C21H48N4O. The summed E-state index contributed by atoms with van der Waals surface area (Å²) in [6, 6.07) is 1.17. The van der Waals surface area contributed by atoms with Crippen LogP contribution in [0.4, 0.5) is 0 Å². The molecule has 0 aromatic carbocycles. The molecule has 0 aromatic rings. The first-order chi connectivity index (χ1) is 12.6. The Labute approximate surface area is 163 Å². The van der Waals surface area contributed by atoms with Crippen LogP contribution >= 0.6 is 0 Å². The number of nitrogens with two attached hydrogens (primary N) is 1. The summed E-state index contributed by atoms with van der Waals surface area (Å²) in [6.07, 6.45) is 12.9. The largest absolute Gasteiger partial charge is 0.396 e. The third-order valence-electron chi connectivity index (χ3n) is 4.77. The molecular weight excluding hydrogens is 324 g/mol. The van der Waals surface area contributed by atoms with Crippen molar-refractivity contribution < 1.29 is 5.11 Å². The lowest BCUT2D eigenvalue weighted by Gasteiger charge is -2.20. The van der Waals surface area contributed by atoms with E-state index in [4.69, 9.17) is 10.8 Å². The van der Waals surface area contributed by atoms with E-state index in [2.05, 4.69) is 29.8 Å². The first-order valence-electron chi connectivity index (χ1n) is 11.1. The van der Waals surface area contributed by atoms with E-state index in [0.29, 0.717) is 18.7 Å². The first-order valence-corrected chi connectivity index (χ1v) is 11.1. The summed E-state index contributed by atoms with van der Waals surface area (Å²) >= 11 is 0. The molecule has 0 aliphatic rings. The average molecular weight is 373 g/mol. The van der Waals surface area contributed by atoms with E-state index in [0.717, 1.165) is 32.6 Å². The number of aliphatic hydroxyl groups is 1. The van der Waals surface area contributed by atoms with Gasteiger partial charge in [0.1, 0.15) is 0 Å². The van der Waals surface area contributed by atoms with Crippen molar-refractivity contribution in [3.63, 3.8) is 0 Å². The quantitative estimate of drug-likeness (QED) is 0.212. The Kier molecular flexibility index (Phi) is 19.4. The molecule has 3 atom stereocenters. The number of hydrogen-bond donors (Lipinski definition) is 5. The number of aliphatic hydroxyl groups excluding tert-OH is 1. The van der Waals surface area contributed by atoms with E-state index in [1.54, 1.807) is 0 Å². The van der Waals surface area contributed by atoms with Crippen molar-refractivity contribution in [1.82, 2.24) is 16.0 Å². The highest BCUT2D eigenvalue weighted by atomic mass is 16.2. The molecule has 0 saturated heterocycles. The minimum Gasteiger partial charge on any atom is -0.396 e. The maximum Gasteiger partial charge on any atom is 0.0431 e. The lowest BCUT2D eigenvalue weighted by molar-refractivity contribution is 0.282. The van der Waals surface area contributed by atoms with Crippen molar-refractivity contribution in [1.29, 1.82) is 0 Å². The zero-order chi connectivity index (χ0) is 19.5. The van der Waals surface area contributed by atoms with Gasteiger partial charge in [0.15, 0.2) is 0 Å². The van der Waals surface area contributed by atoms with Crippen LogP contribution in [-0.2, 0) is 0 Å². The Bertz CT molecular complexity index is 277. The summed E-state index contributed by atoms with van der Waals surface area (Å²) < 4.78 is 0. The van der Waals surface area contributed by atoms with Crippen molar-refractivity contribution in [3.05, 3.63) is 0 Å². The van der Waals surface area contributed by atoms with Crippen LogP contribution in [0.3, 0.4) is 0 Å². The Morgan fingerprint density at radius 3 is 1.65 bits per heavy atom. The van der Waals surface area contributed by atoms with Crippen molar-refractivity contribution >= 4 is 0 Å². The van der Waals surface area contributed by atoms with Gasteiger partial charge in [0.2, 0.25) is 0 Å². The fourth-order valence-corrected chi connectivity index (χ4v) is 3.00. The molecule has 0 amide bonds. The highest BCUT2D eigenvalue weighted by Gasteiger charge is 2.05. The van der Waals surface area contributed by atoms with Crippen LogP contribution in [0.1, 0.15) is 85.0 Å². The van der Waals surface area contributed by atoms with E-state index in [1.165, 1.54) is 57.8 Å². The van der Waals surface area contributed by atoms with Gasteiger partial charge in [-0.15, -0.1) is 0 Å². The fourth-order valence-electron chi connectivity index (χ4n) is 3.00. The van der Waals surface area contributed by atoms with Gasteiger partial charge in [-0.1, -0.05) is 51.4 Å². The van der Waals surface area contributed by atoms with Gasteiger partial charge in [0.25, 0.3) is 0 Å². The molecule has 5 nitrogen and oxygen atoms in total. The lowest BCUT2D eigenvalue weighted by atomic mass is 10.1. The monoisotopic (exact) mass is 372 g/mol. The van der Waals surface area contributed by atoms with Crippen molar-refractivity contribution in [2.24, 2.45) is 5.73 Å². The molecule has 5 heteroatoms. The van der Waals surface area contributed by atoms with Crippen LogP contribution in [0.25, 0.3) is 0 Å². The number of hydrogen-bond acceptors (Lipinski definition) is 5. The summed E-state index contributed by atoms with van der Waals surface area (Å²) in [5.41, 5.74) is 5.76. The second kappa shape index (κ2) is 19.6. The predicted octanol–water partition coefficient (Wildman–Crippen LogP) is 2.77. The SMILES string of the molecule is CC(N)CNC(C)CNC(C)CNCCCCCCCCCCCCO. The Morgan fingerprint density at radius 2 is 1.12 bits per heavy atom. The van der Waals surface area contributed by atoms with Crippen LogP contribution in [-0.4, -0.2) is 56.0 Å².